The maximum Gasteiger partial charge on any atom is 0.161 e. The molecule has 0 spiro atoms. The van der Waals surface area contributed by atoms with Crippen LogP contribution in [0.2, 0.25) is 0 Å². The molecule has 1 N–H and O–H groups in total. The molecule has 1 heterocycles. The van der Waals surface area contributed by atoms with Gasteiger partial charge in [-0.2, -0.15) is 0 Å². The van der Waals surface area contributed by atoms with Gasteiger partial charge in [-0.25, -0.2) is 4.39 Å². The molecule has 6 heteroatoms. The second-order valence-corrected chi connectivity index (χ2v) is 6.88. The molecule has 0 atom stereocenters. The van der Waals surface area contributed by atoms with Crippen LogP contribution in [-0.2, 0) is 17.9 Å². The van der Waals surface area contributed by atoms with Gasteiger partial charge in [0.05, 0.1) is 20.3 Å². The van der Waals surface area contributed by atoms with Crippen molar-refractivity contribution in [3.8, 4) is 11.5 Å². The monoisotopic (exact) mass is 388 g/mol. The molecule has 0 aliphatic carbocycles. The normalized spacial score (nSPS) is 14.8. The Morgan fingerprint density at radius 2 is 1.79 bits per heavy atom. The Morgan fingerprint density at radius 1 is 1.04 bits per heavy atom. The number of methoxy groups -OCH3 is 1. The van der Waals surface area contributed by atoms with Crippen LogP contribution in [0.25, 0.3) is 0 Å². The van der Waals surface area contributed by atoms with Gasteiger partial charge >= 0.3 is 0 Å². The molecule has 0 unspecified atom stereocenters. The van der Waals surface area contributed by atoms with E-state index >= 15 is 0 Å². The number of halogens is 1. The van der Waals surface area contributed by atoms with Gasteiger partial charge in [-0.05, 0) is 54.9 Å². The zero-order valence-corrected chi connectivity index (χ0v) is 16.5. The van der Waals surface area contributed by atoms with E-state index < -0.39 is 0 Å². The van der Waals surface area contributed by atoms with Gasteiger partial charge in [-0.3, -0.25) is 4.90 Å². The predicted octanol–water partition coefficient (Wildman–Crippen LogP) is 3.23. The highest BCUT2D eigenvalue weighted by Gasteiger charge is 2.09. The third-order valence-corrected chi connectivity index (χ3v) is 4.80. The van der Waals surface area contributed by atoms with Crippen LogP contribution < -0.4 is 14.8 Å². The smallest absolute Gasteiger partial charge is 0.161 e. The number of rotatable bonds is 10. The number of benzene rings is 2. The highest BCUT2D eigenvalue weighted by Crippen LogP contribution is 2.28. The number of ether oxygens (including phenoxy) is 3. The summed E-state index contributed by atoms with van der Waals surface area (Å²) in [5, 5.41) is 3.49. The molecular weight excluding hydrogens is 359 g/mol. The van der Waals surface area contributed by atoms with E-state index in [0.29, 0.717) is 18.1 Å². The summed E-state index contributed by atoms with van der Waals surface area (Å²) in [4.78, 5) is 2.45. The fraction of sp³-hybridized carbons (Fsp3) is 0.455. The minimum atomic E-state index is -0.247. The lowest BCUT2D eigenvalue weighted by molar-refractivity contribution is 0.0374. The van der Waals surface area contributed by atoms with Gasteiger partial charge in [0.1, 0.15) is 12.4 Å². The first kappa shape index (κ1) is 20.6. The van der Waals surface area contributed by atoms with E-state index in [2.05, 4.69) is 10.2 Å². The summed E-state index contributed by atoms with van der Waals surface area (Å²) >= 11 is 0. The van der Waals surface area contributed by atoms with Gasteiger partial charge in [0.25, 0.3) is 0 Å². The average Bonchev–Trinajstić information content (AvgIpc) is 2.74. The van der Waals surface area contributed by atoms with Gasteiger partial charge in [-0.1, -0.05) is 18.2 Å². The topological polar surface area (TPSA) is 43.0 Å². The summed E-state index contributed by atoms with van der Waals surface area (Å²) in [7, 11) is 1.64. The van der Waals surface area contributed by atoms with E-state index in [0.717, 1.165) is 63.5 Å². The molecule has 0 bridgehead atoms. The molecule has 0 radical (unpaired) electrons. The zero-order valence-electron chi connectivity index (χ0n) is 16.5. The summed E-state index contributed by atoms with van der Waals surface area (Å²) < 4.78 is 29.7. The summed E-state index contributed by atoms with van der Waals surface area (Å²) in [5.74, 6) is 1.14. The van der Waals surface area contributed by atoms with Crippen LogP contribution in [0.3, 0.4) is 0 Å². The lowest BCUT2D eigenvalue weighted by Gasteiger charge is -2.26. The quantitative estimate of drug-likeness (QED) is 0.633. The van der Waals surface area contributed by atoms with Crippen molar-refractivity contribution in [3.63, 3.8) is 0 Å². The van der Waals surface area contributed by atoms with Crippen molar-refractivity contribution in [2.45, 2.75) is 19.6 Å². The second kappa shape index (κ2) is 11.0. The molecular formula is C22H29FN2O3. The third kappa shape index (κ3) is 6.48. The van der Waals surface area contributed by atoms with Crippen molar-refractivity contribution in [2.24, 2.45) is 0 Å². The minimum Gasteiger partial charge on any atom is -0.493 e. The Kier molecular flexibility index (Phi) is 8.08. The van der Waals surface area contributed by atoms with E-state index in [1.807, 2.05) is 18.2 Å². The number of hydrogen-bond acceptors (Lipinski definition) is 5. The summed E-state index contributed by atoms with van der Waals surface area (Å²) in [5.41, 5.74) is 2.06. The third-order valence-electron chi connectivity index (χ3n) is 4.80. The highest BCUT2D eigenvalue weighted by atomic mass is 19.1. The van der Waals surface area contributed by atoms with E-state index in [1.165, 1.54) is 12.1 Å². The van der Waals surface area contributed by atoms with Crippen molar-refractivity contribution >= 4 is 0 Å². The number of morpholine rings is 1. The van der Waals surface area contributed by atoms with Crippen molar-refractivity contribution in [1.82, 2.24) is 10.2 Å². The first-order valence-corrected chi connectivity index (χ1v) is 9.79. The predicted molar refractivity (Wildman–Crippen MR) is 107 cm³/mol. The summed E-state index contributed by atoms with van der Waals surface area (Å²) in [6.07, 6.45) is 1.12. The van der Waals surface area contributed by atoms with Gasteiger partial charge < -0.3 is 19.5 Å². The minimum absolute atomic E-state index is 0.247. The standard InChI is InChI=1S/C22H29FN2O3/c1-26-22-15-19(16-24-9-2-10-25-11-13-27-14-12-25)5-8-21(22)28-17-18-3-6-20(23)7-4-18/h3-8,15,24H,2,9-14,16-17H2,1H3. The van der Waals surface area contributed by atoms with Gasteiger partial charge in [0.2, 0.25) is 0 Å². The van der Waals surface area contributed by atoms with Crippen molar-refractivity contribution < 1.29 is 18.6 Å². The Hall–Kier alpha value is -2.15. The van der Waals surface area contributed by atoms with Crippen LogP contribution >= 0.6 is 0 Å². The first-order chi connectivity index (χ1) is 13.7. The molecule has 2 aromatic rings. The Labute approximate surface area is 166 Å². The van der Waals surface area contributed by atoms with E-state index in [4.69, 9.17) is 14.2 Å². The molecule has 1 aliphatic rings. The zero-order chi connectivity index (χ0) is 19.6. The van der Waals surface area contributed by atoms with Crippen molar-refractivity contribution in [2.75, 3.05) is 46.5 Å². The largest absolute Gasteiger partial charge is 0.493 e. The Bertz CT molecular complexity index is 718. The molecule has 152 valence electrons. The second-order valence-electron chi connectivity index (χ2n) is 6.88. The maximum absolute atomic E-state index is 13.0. The number of nitrogens with one attached hydrogen (secondary N) is 1. The molecule has 1 fully saturated rings. The summed E-state index contributed by atoms with van der Waals surface area (Å²) in [6.45, 7) is 7.02. The molecule has 0 saturated carbocycles. The van der Waals surface area contributed by atoms with Crippen molar-refractivity contribution in [1.29, 1.82) is 0 Å². The SMILES string of the molecule is COc1cc(CNCCCN2CCOCC2)ccc1OCc1ccc(F)cc1. The maximum atomic E-state index is 13.0. The first-order valence-electron chi connectivity index (χ1n) is 9.79. The molecule has 0 amide bonds. The molecule has 3 rings (SSSR count). The fourth-order valence-corrected chi connectivity index (χ4v) is 3.17. The lowest BCUT2D eigenvalue weighted by atomic mass is 10.2. The van der Waals surface area contributed by atoms with Crippen LogP contribution in [0.5, 0.6) is 11.5 Å². The molecule has 0 aromatic heterocycles. The van der Waals surface area contributed by atoms with Crippen LogP contribution in [0.15, 0.2) is 42.5 Å². The Morgan fingerprint density at radius 3 is 2.54 bits per heavy atom. The number of hydrogen-bond donors (Lipinski definition) is 1. The summed E-state index contributed by atoms with van der Waals surface area (Å²) in [6, 6.07) is 12.3. The van der Waals surface area contributed by atoms with E-state index in [-0.39, 0.29) is 5.82 Å². The van der Waals surface area contributed by atoms with Gasteiger partial charge in [-0.15, -0.1) is 0 Å². The Balaban J connectivity index is 1.42. The highest BCUT2D eigenvalue weighted by molar-refractivity contribution is 5.43. The lowest BCUT2D eigenvalue weighted by Crippen LogP contribution is -2.37. The molecule has 1 saturated heterocycles. The van der Waals surface area contributed by atoms with Crippen molar-refractivity contribution in [3.05, 3.63) is 59.4 Å². The van der Waals surface area contributed by atoms with Crippen LogP contribution in [0.4, 0.5) is 4.39 Å². The van der Waals surface area contributed by atoms with Crippen LogP contribution in [-0.4, -0.2) is 51.4 Å². The van der Waals surface area contributed by atoms with Gasteiger partial charge in [0.15, 0.2) is 11.5 Å². The fourth-order valence-electron chi connectivity index (χ4n) is 3.17. The van der Waals surface area contributed by atoms with E-state index in [9.17, 15) is 4.39 Å². The molecule has 5 nitrogen and oxygen atoms in total. The van der Waals surface area contributed by atoms with E-state index in [1.54, 1.807) is 19.2 Å². The average molecular weight is 388 g/mol. The molecule has 1 aliphatic heterocycles. The van der Waals surface area contributed by atoms with Crippen LogP contribution in [0, 0.1) is 5.82 Å². The molecule has 28 heavy (non-hydrogen) atoms. The molecule has 2 aromatic carbocycles. The van der Waals surface area contributed by atoms with Crippen LogP contribution in [0.1, 0.15) is 17.5 Å². The number of nitrogens with zero attached hydrogens (tertiary/aromatic N) is 1. The van der Waals surface area contributed by atoms with Gasteiger partial charge in [0, 0.05) is 19.6 Å².